The van der Waals surface area contributed by atoms with Crippen LogP contribution in [-0.4, -0.2) is 12.1 Å². The van der Waals surface area contributed by atoms with Gasteiger partial charge in [-0.15, -0.1) is 0 Å². The van der Waals surface area contributed by atoms with Crippen molar-refractivity contribution in [3.63, 3.8) is 0 Å². The number of rotatable bonds is 1. The van der Waals surface area contributed by atoms with Gasteiger partial charge in [-0.2, -0.15) is 0 Å². The van der Waals surface area contributed by atoms with Crippen LogP contribution < -0.4 is 4.74 Å². The Morgan fingerprint density at radius 1 is 0.850 bits per heavy atom. The third-order valence-corrected chi connectivity index (χ3v) is 3.77. The van der Waals surface area contributed by atoms with E-state index in [9.17, 15) is 0 Å². The van der Waals surface area contributed by atoms with Crippen LogP contribution in [0.1, 0.15) is 0 Å². The van der Waals surface area contributed by atoms with Crippen molar-refractivity contribution in [2.24, 2.45) is 0 Å². The van der Waals surface area contributed by atoms with E-state index in [0.29, 0.717) is 0 Å². The fourth-order valence-corrected chi connectivity index (χ4v) is 2.81. The summed E-state index contributed by atoms with van der Waals surface area (Å²) in [5, 5.41) is 5.97. The molecule has 0 radical (unpaired) electrons. The van der Waals surface area contributed by atoms with Crippen molar-refractivity contribution >= 4 is 32.4 Å². The molecule has 2 nitrogen and oxygen atoms in total. The molecule has 0 aliphatic carbocycles. The standard InChI is InChI=1S/C18H13NO/c1-20-17-8-9-19-16-7-6-14-10-12-4-2-3-5-13(12)11-15(14)18(16)17/h2-11H,1H3. The first-order valence-electron chi connectivity index (χ1n) is 6.61. The summed E-state index contributed by atoms with van der Waals surface area (Å²) in [7, 11) is 1.70. The number of benzene rings is 3. The molecule has 0 saturated carbocycles. The maximum absolute atomic E-state index is 5.51. The third-order valence-electron chi connectivity index (χ3n) is 3.77. The van der Waals surface area contributed by atoms with Crippen molar-refractivity contribution in [3.05, 3.63) is 60.8 Å². The Labute approximate surface area is 116 Å². The predicted molar refractivity (Wildman–Crippen MR) is 83.3 cm³/mol. The normalized spacial score (nSPS) is 11.2. The van der Waals surface area contributed by atoms with Crippen LogP contribution >= 0.6 is 0 Å². The molecule has 0 amide bonds. The molecule has 96 valence electrons. The lowest BCUT2D eigenvalue weighted by molar-refractivity contribution is 0.420. The van der Waals surface area contributed by atoms with Crippen molar-refractivity contribution in [3.8, 4) is 5.75 Å². The molecule has 0 saturated heterocycles. The Balaban J connectivity index is 2.25. The second-order valence-electron chi connectivity index (χ2n) is 4.89. The van der Waals surface area contributed by atoms with Gasteiger partial charge in [-0.25, -0.2) is 0 Å². The Kier molecular flexibility index (Phi) is 2.36. The molecule has 0 N–H and O–H groups in total. The van der Waals surface area contributed by atoms with Gasteiger partial charge in [0.05, 0.1) is 18.0 Å². The first kappa shape index (κ1) is 11.2. The largest absolute Gasteiger partial charge is 0.496 e. The molecule has 2 heteroatoms. The van der Waals surface area contributed by atoms with E-state index in [2.05, 4.69) is 53.5 Å². The van der Waals surface area contributed by atoms with Crippen LogP contribution in [0.3, 0.4) is 0 Å². The number of aromatic nitrogens is 1. The van der Waals surface area contributed by atoms with Crippen molar-refractivity contribution in [2.75, 3.05) is 7.11 Å². The molecule has 1 aromatic heterocycles. The number of ether oxygens (including phenoxy) is 1. The number of methoxy groups -OCH3 is 1. The lowest BCUT2D eigenvalue weighted by atomic mass is 10.00. The van der Waals surface area contributed by atoms with E-state index in [1.54, 1.807) is 13.3 Å². The van der Waals surface area contributed by atoms with Crippen LogP contribution in [-0.2, 0) is 0 Å². The van der Waals surface area contributed by atoms with E-state index < -0.39 is 0 Å². The van der Waals surface area contributed by atoms with Gasteiger partial charge in [0.15, 0.2) is 0 Å². The Morgan fingerprint density at radius 3 is 2.45 bits per heavy atom. The molecule has 0 fully saturated rings. The van der Waals surface area contributed by atoms with Crippen molar-refractivity contribution < 1.29 is 4.74 Å². The van der Waals surface area contributed by atoms with Crippen molar-refractivity contribution in [1.82, 2.24) is 4.98 Å². The van der Waals surface area contributed by atoms with Gasteiger partial charge >= 0.3 is 0 Å². The summed E-state index contributed by atoms with van der Waals surface area (Å²) in [4.78, 5) is 4.44. The molecule has 0 spiro atoms. The van der Waals surface area contributed by atoms with Gasteiger partial charge in [0, 0.05) is 6.20 Å². The highest BCUT2D eigenvalue weighted by molar-refractivity contribution is 6.13. The molecule has 0 aliphatic heterocycles. The number of fused-ring (bicyclic) bond motifs is 4. The summed E-state index contributed by atoms with van der Waals surface area (Å²) >= 11 is 0. The Morgan fingerprint density at radius 2 is 1.65 bits per heavy atom. The zero-order valence-electron chi connectivity index (χ0n) is 11.1. The molecule has 0 atom stereocenters. The zero-order chi connectivity index (χ0) is 13.5. The lowest BCUT2D eigenvalue weighted by Gasteiger charge is -2.09. The summed E-state index contributed by atoms with van der Waals surface area (Å²) in [6, 6.07) is 18.9. The second-order valence-corrected chi connectivity index (χ2v) is 4.89. The molecule has 0 unspecified atom stereocenters. The zero-order valence-corrected chi connectivity index (χ0v) is 11.1. The summed E-state index contributed by atoms with van der Waals surface area (Å²) in [5.74, 6) is 0.871. The van der Waals surface area contributed by atoms with Crippen molar-refractivity contribution in [2.45, 2.75) is 0 Å². The molecule has 3 aromatic carbocycles. The van der Waals surface area contributed by atoms with E-state index in [-0.39, 0.29) is 0 Å². The molecular formula is C18H13NO. The van der Waals surface area contributed by atoms with Crippen molar-refractivity contribution in [1.29, 1.82) is 0 Å². The van der Waals surface area contributed by atoms with Gasteiger partial charge in [0.1, 0.15) is 5.75 Å². The van der Waals surface area contributed by atoms with E-state index >= 15 is 0 Å². The maximum atomic E-state index is 5.51. The Hall–Kier alpha value is -2.61. The summed E-state index contributed by atoms with van der Waals surface area (Å²) in [6.45, 7) is 0. The first-order valence-corrected chi connectivity index (χ1v) is 6.61. The minimum atomic E-state index is 0.871. The minimum absolute atomic E-state index is 0.871. The Bertz CT molecular complexity index is 944. The van der Waals surface area contributed by atoms with Gasteiger partial charge < -0.3 is 4.74 Å². The monoisotopic (exact) mass is 259 g/mol. The number of nitrogens with zero attached hydrogens (tertiary/aromatic N) is 1. The first-order chi connectivity index (χ1) is 9.86. The van der Waals surface area contributed by atoms with Crippen LogP contribution in [0.25, 0.3) is 32.4 Å². The predicted octanol–water partition coefficient (Wildman–Crippen LogP) is 4.55. The van der Waals surface area contributed by atoms with Crippen LogP contribution in [0.5, 0.6) is 5.75 Å². The molecule has 1 heterocycles. The second kappa shape index (κ2) is 4.20. The lowest BCUT2D eigenvalue weighted by Crippen LogP contribution is -1.88. The van der Waals surface area contributed by atoms with E-state index in [4.69, 9.17) is 4.74 Å². The van der Waals surface area contributed by atoms with E-state index in [1.807, 2.05) is 6.07 Å². The number of pyridine rings is 1. The number of hydrogen-bond donors (Lipinski definition) is 0. The van der Waals surface area contributed by atoms with Crippen LogP contribution in [0.15, 0.2) is 60.8 Å². The van der Waals surface area contributed by atoms with Gasteiger partial charge in [0.2, 0.25) is 0 Å². The third kappa shape index (κ3) is 1.55. The number of hydrogen-bond acceptors (Lipinski definition) is 2. The van der Waals surface area contributed by atoms with Crippen LogP contribution in [0.2, 0.25) is 0 Å². The average molecular weight is 259 g/mol. The smallest absolute Gasteiger partial charge is 0.130 e. The quantitative estimate of drug-likeness (QED) is 0.369. The molecule has 4 aromatic rings. The molecule has 0 aliphatic rings. The van der Waals surface area contributed by atoms with Gasteiger partial charge in [-0.3, -0.25) is 4.98 Å². The fraction of sp³-hybridized carbons (Fsp3) is 0.0556. The fourth-order valence-electron chi connectivity index (χ4n) is 2.81. The molecular weight excluding hydrogens is 246 g/mol. The highest BCUT2D eigenvalue weighted by Crippen LogP contribution is 2.33. The summed E-state index contributed by atoms with van der Waals surface area (Å²) < 4.78 is 5.51. The topological polar surface area (TPSA) is 22.1 Å². The van der Waals surface area contributed by atoms with Crippen LogP contribution in [0, 0.1) is 0 Å². The SMILES string of the molecule is COc1ccnc2ccc3cc4ccccc4cc3c12. The average Bonchev–Trinajstić information content (AvgIpc) is 2.52. The van der Waals surface area contributed by atoms with E-state index in [0.717, 1.165) is 16.7 Å². The highest BCUT2D eigenvalue weighted by atomic mass is 16.5. The summed E-state index contributed by atoms with van der Waals surface area (Å²) in [6.07, 6.45) is 1.79. The molecule has 4 rings (SSSR count). The highest BCUT2D eigenvalue weighted by Gasteiger charge is 2.08. The van der Waals surface area contributed by atoms with Gasteiger partial charge in [-0.05, 0) is 45.8 Å². The minimum Gasteiger partial charge on any atom is -0.496 e. The summed E-state index contributed by atoms with van der Waals surface area (Å²) in [5.41, 5.74) is 0.965. The maximum Gasteiger partial charge on any atom is 0.130 e. The molecule has 0 bridgehead atoms. The van der Waals surface area contributed by atoms with E-state index in [1.165, 1.54) is 21.5 Å². The van der Waals surface area contributed by atoms with Gasteiger partial charge in [-0.1, -0.05) is 30.3 Å². The van der Waals surface area contributed by atoms with Crippen LogP contribution in [0.4, 0.5) is 0 Å². The molecule has 20 heavy (non-hydrogen) atoms. The van der Waals surface area contributed by atoms with Gasteiger partial charge in [0.25, 0.3) is 0 Å².